The average Bonchev–Trinajstić information content (AvgIpc) is 3.33. The lowest BCUT2D eigenvalue weighted by Gasteiger charge is -2.32. The van der Waals surface area contributed by atoms with Crippen molar-refractivity contribution in [3.8, 4) is 29.0 Å². The molecule has 1 aliphatic rings. The van der Waals surface area contributed by atoms with E-state index in [-0.39, 0.29) is 18.7 Å². The molecule has 4 heterocycles. The lowest BCUT2D eigenvalue weighted by atomic mass is 10.0. The Morgan fingerprint density at radius 1 is 1.08 bits per heavy atom. The molecule has 39 heavy (non-hydrogen) atoms. The van der Waals surface area contributed by atoms with Crippen molar-refractivity contribution >= 4 is 33.5 Å². The summed E-state index contributed by atoms with van der Waals surface area (Å²) >= 11 is 6.61. The van der Waals surface area contributed by atoms with Crippen LogP contribution in [0.15, 0.2) is 55.0 Å². The summed E-state index contributed by atoms with van der Waals surface area (Å²) in [5.74, 6) is 0.495. The van der Waals surface area contributed by atoms with Gasteiger partial charge < -0.3 is 14.4 Å². The van der Waals surface area contributed by atoms with E-state index in [0.717, 1.165) is 31.4 Å². The summed E-state index contributed by atoms with van der Waals surface area (Å²) in [6.45, 7) is 1.69. The van der Waals surface area contributed by atoms with Crippen molar-refractivity contribution in [1.29, 1.82) is 5.26 Å². The van der Waals surface area contributed by atoms with Gasteiger partial charge in [-0.2, -0.15) is 5.26 Å². The van der Waals surface area contributed by atoms with E-state index in [4.69, 9.17) is 21.6 Å². The van der Waals surface area contributed by atoms with Gasteiger partial charge in [-0.1, -0.05) is 11.6 Å². The van der Waals surface area contributed by atoms with Crippen LogP contribution in [0.1, 0.15) is 24.7 Å². The van der Waals surface area contributed by atoms with Crippen molar-refractivity contribution in [3.63, 3.8) is 0 Å². The van der Waals surface area contributed by atoms with Gasteiger partial charge in [-0.05, 0) is 37.1 Å². The smallest absolute Gasteiger partial charge is 0.321 e. The summed E-state index contributed by atoms with van der Waals surface area (Å²) in [5, 5.41) is 20.2. The number of hydrogen-bond acceptors (Lipinski definition) is 8. The van der Waals surface area contributed by atoms with Gasteiger partial charge in [-0.15, -0.1) is 0 Å². The quantitative estimate of drug-likeness (QED) is 0.288. The molecule has 0 spiro atoms. The number of ether oxygens (including phenoxy) is 1. The molecule has 0 saturated carbocycles. The van der Waals surface area contributed by atoms with Gasteiger partial charge in [0.25, 0.3) is 0 Å². The van der Waals surface area contributed by atoms with Gasteiger partial charge in [0.05, 0.1) is 34.9 Å². The van der Waals surface area contributed by atoms with Crippen LogP contribution in [0.2, 0.25) is 5.02 Å². The Kier molecular flexibility index (Phi) is 6.79. The van der Waals surface area contributed by atoms with Gasteiger partial charge in [-0.25, -0.2) is 19.3 Å². The minimum Gasteiger partial charge on any atom is -0.424 e. The number of nitriles is 1. The summed E-state index contributed by atoms with van der Waals surface area (Å²) < 4.78 is 23.2. The minimum atomic E-state index is -0.463. The van der Waals surface area contributed by atoms with E-state index in [1.807, 2.05) is 0 Å². The topological polar surface area (TPSA) is 113 Å². The molecule has 6 rings (SSSR count). The second-order valence-corrected chi connectivity index (χ2v) is 9.75. The molecule has 3 aromatic heterocycles. The van der Waals surface area contributed by atoms with Crippen molar-refractivity contribution in [1.82, 2.24) is 29.4 Å². The molecular weight excluding hydrogens is 521 g/mol. The number of halogens is 2. The molecule has 0 amide bonds. The predicted octanol–water partition coefficient (Wildman–Crippen LogP) is 5.28. The maximum Gasteiger partial charge on any atom is 0.321 e. The monoisotopic (exact) mass is 543 g/mol. The Morgan fingerprint density at radius 2 is 1.87 bits per heavy atom. The zero-order valence-electron chi connectivity index (χ0n) is 20.8. The van der Waals surface area contributed by atoms with Crippen LogP contribution in [0, 0.1) is 17.1 Å². The largest absolute Gasteiger partial charge is 0.424 e. The summed E-state index contributed by atoms with van der Waals surface area (Å²) in [4.78, 5) is 19.3. The fourth-order valence-electron chi connectivity index (χ4n) is 5.21. The number of nitrogens with zero attached hydrogens (tertiary/aromatic N) is 7. The number of fused-ring (bicyclic) bond motifs is 3. The number of benzene rings is 2. The first-order valence-electron chi connectivity index (χ1n) is 12.5. The second kappa shape index (κ2) is 10.5. The van der Waals surface area contributed by atoms with Gasteiger partial charge in [-0.3, -0.25) is 9.88 Å². The fraction of sp³-hybridized carbons (Fsp3) is 0.250. The first-order valence-corrected chi connectivity index (χ1v) is 12.9. The third-order valence-corrected chi connectivity index (χ3v) is 7.33. The van der Waals surface area contributed by atoms with Crippen LogP contribution in [0.25, 0.3) is 33.1 Å². The Balaban J connectivity index is 1.44. The maximum absolute atomic E-state index is 15.4. The molecule has 9 nitrogen and oxygen atoms in total. The average molecular weight is 544 g/mol. The third-order valence-electron chi connectivity index (χ3n) is 7.02. The molecule has 11 heteroatoms. The normalized spacial score (nSPS) is 14.6. The minimum absolute atomic E-state index is 0.0754. The van der Waals surface area contributed by atoms with Gasteiger partial charge >= 0.3 is 6.01 Å². The number of aliphatic hydroxyl groups is 1. The van der Waals surface area contributed by atoms with Crippen molar-refractivity contribution < 1.29 is 14.2 Å². The maximum atomic E-state index is 15.4. The standard InChI is InChI=1S/C28H23ClFN7O2/c29-22-12-18(39-28-32-7-1-8-33-28)2-3-19(22)20-13-21-24(14-23(20)30)34-15-25-27(21)37(26(16-38)35-25)17-4-9-36(10-5-17)11-6-31/h1-3,7-8,12-15,17,38H,4-5,9-11,16H2. The summed E-state index contributed by atoms with van der Waals surface area (Å²) in [7, 11) is 0. The number of hydrogen-bond donors (Lipinski definition) is 1. The van der Waals surface area contributed by atoms with E-state index >= 15 is 4.39 Å². The molecule has 5 aromatic rings. The molecule has 0 unspecified atom stereocenters. The number of aromatic nitrogens is 5. The second-order valence-electron chi connectivity index (χ2n) is 9.34. The highest BCUT2D eigenvalue weighted by Crippen LogP contribution is 2.38. The number of piperidine rings is 1. The summed E-state index contributed by atoms with van der Waals surface area (Å²) in [5.41, 5.74) is 2.70. The molecule has 1 saturated heterocycles. The summed E-state index contributed by atoms with van der Waals surface area (Å²) in [6, 6.07) is 12.3. The molecular formula is C28H23ClFN7O2. The van der Waals surface area contributed by atoms with Gasteiger partial charge in [0.2, 0.25) is 0 Å². The molecule has 0 bridgehead atoms. The highest BCUT2D eigenvalue weighted by atomic mass is 35.5. The first-order chi connectivity index (χ1) is 19.1. The Hall–Kier alpha value is -4.17. The number of likely N-dealkylation sites (tertiary alicyclic amines) is 1. The highest BCUT2D eigenvalue weighted by molar-refractivity contribution is 6.33. The molecule has 1 aliphatic heterocycles. The SMILES string of the molecule is N#CCN1CCC(n2c(CO)nc3cnc4cc(F)c(-c5ccc(Oc6ncccn6)cc5Cl)cc4c32)CC1. The predicted molar refractivity (Wildman–Crippen MR) is 144 cm³/mol. The van der Waals surface area contributed by atoms with Gasteiger partial charge in [0.15, 0.2) is 0 Å². The fourth-order valence-corrected chi connectivity index (χ4v) is 5.49. The number of rotatable bonds is 6. The summed E-state index contributed by atoms with van der Waals surface area (Å²) in [6.07, 6.45) is 6.36. The molecule has 196 valence electrons. The highest BCUT2D eigenvalue weighted by Gasteiger charge is 2.26. The first kappa shape index (κ1) is 25.1. The number of aliphatic hydroxyl groups excluding tert-OH is 1. The van der Waals surface area contributed by atoms with Crippen LogP contribution in [-0.4, -0.2) is 54.1 Å². The molecule has 0 radical (unpaired) electrons. The van der Waals surface area contributed by atoms with Gasteiger partial charge in [0, 0.05) is 60.2 Å². The van der Waals surface area contributed by atoms with Crippen LogP contribution < -0.4 is 4.74 Å². The Labute approximate surface area is 228 Å². The van der Waals surface area contributed by atoms with Crippen LogP contribution in [0.5, 0.6) is 11.8 Å². The number of pyridine rings is 1. The zero-order chi connectivity index (χ0) is 26.9. The molecule has 0 aliphatic carbocycles. The van der Waals surface area contributed by atoms with Crippen LogP contribution in [0.3, 0.4) is 0 Å². The number of imidazole rings is 1. The van der Waals surface area contributed by atoms with Crippen molar-refractivity contribution in [2.75, 3.05) is 19.6 Å². The van der Waals surface area contributed by atoms with E-state index in [1.54, 1.807) is 48.9 Å². The van der Waals surface area contributed by atoms with Gasteiger partial charge in [0.1, 0.15) is 29.5 Å². The third kappa shape index (κ3) is 4.76. The van der Waals surface area contributed by atoms with Crippen LogP contribution >= 0.6 is 11.6 Å². The lowest BCUT2D eigenvalue weighted by molar-refractivity contribution is 0.196. The molecule has 0 atom stereocenters. The van der Waals surface area contributed by atoms with Crippen LogP contribution in [0.4, 0.5) is 4.39 Å². The van der Waals surface area contributed by atoms with E-state index in [9.17, 15) is 5.11 Å². The lowest BCUT2D eigenvalue weighted by Crippen LogP contribution is -2.35. The zero-order valence-corrected chi connectivity index (χ0v) is 21.5. The van der Waals surface area contributed by atoms with E-state index in [2.05, 4.69) is 35.5 Å². The Morgan fingerprint density at radius 3 is 2.59 bits per heavy atom. The van der Waals surface area contributed by atoms with E-state index in [0.29, 0.717) is 50.7 Å². The van der Waals surface area contributed by atoms with Crippen LogP contribution in [-0.2, 0) is 6.61 Å². The Bertz CT molecular complexity index is 1710. The molecule has 2 aromatic carbocycles. The van der Waals surface area contributed by atoms with E-state index in [1.165, 1.54) is 6.07 Å². The van der Waals surface area contributed by atoms with Crippen molar-refractivity contribution in [2.45, 2.75) is 25.5 Å². The molecule has 1 fully saturated rings. The molecule has 1 N–H and O–H groups in total. The van der Waals surface area contributed by atoms with E-state index < -0.39 is 5.82 Å². The van der Waals surface area contributed by atoms with Crippen molar-refractivity contribution in [3.05, 3.63) is 71.7 Å². The van der Waals surface area contributed by atoms with Crippen molar-refractivity contribution in [2.24, 2.45) is 0 Å².